The van der Waals surface area contributed by atoms with Gasteiger partial charge in [-0.15, -0.1) is 0 Å². The predicted octanol–water partition coefficient (Wildman–Crippen LogP) is -0.460. The Hall–Kier alpha value is -0.140. The average molecular weight is 228 g/mol. The second-order valence-electron chi connectivity index (χ2n) is 2.97. The molecule has 1 atom stereocenters. The van der Waals surface area contributed by atoms with Gasteiger partial charge in [0, 0.05) is 0 Å². The van der Waals surface area contributed by atoms with Gasteiger partial charge in [0.15, 0.2) is 9.84 Å². The third-order valence-electron chi connectivity index (χ3n) is 1.83. The van der Waals surface area contributed by atoms with E-state index in [1.165, 1.54) is 6.92 Å². The molecule has 0 N–H and O–H groups in total. The molecule has 0 aromatic rings. The summed E-state index contributed by atoms with van der Waals surface area (Å²) in [6.07, 6.45) is -0.392. The van der Waals surface area contributed by atoms with Gasteiger partial charge >= 0.3 is 0 Å². The Morgan fingerprint density at radius 1 is 1.46 bits per heavy atom. The summed E-state index contributed by atoms with van der Waals surface area (Å²) in [6, 6.07) is 0. The molecule has 1 saturated heterocycles. The fourth-order valence-corrected chi connectivity index (χ4v) is 3.50. The van der Waals surface area contributed by atoms with Crippen LogP contribution in [0.25, 0.3) is 0 Å². The van der Waals surface area contributed by atoms with Crippen molar-refractivity contribution in [3.8, 4) is 0 Å². The minimum absolute atomic E-state index is 0.0247. The van der Waals surface area contributed by atoms with Crippen LogP contribution in [0.15, 0.2) is 0 Å². The molecule has 0 aromatic carbocycles. The van der Waals surface area contributed by atoms with Gasteiger partial charge in [0.25, 0.3) is 10.1 Å². The van der Waals surface area contributed by atoms with Crippen LogP contribution in [-0.4, -0.2) is 40.2 Å². The van der Waals surface area contributed by atoms with Crippen molar-refractivity contribution < 1.29 is 21.0 Å². The van der Waals surface area contributed by atoms with Crippen LogP contribution in [0.2, 0.25) is 0 Å². The van der Waals surface area contributed by atoms with Gasteiger partial charge in [-0.05, 0) is 13.3 Å². The molecule has 1 fully saturated rings. The van der Waals surface area contributed by atoms with Crippen molar-refractivity contribution >= 4 is 20.0 Å². The second-order valence-corrected chi connectivity index (χ2v) is 7.08. The summed E-state index contributed by atoms with van der Waals surface area (Å²) in [5, 5.41) is 0. The minimum atomic E-state index is -3.52. The smallest absolute Gasteiger partial charge is 0.266 e. The van der Waals surface area contributed by atoms with E-state index in [2.05, 4.69) is 4.18 Å². The van der Waals surface area contributed by atoms with E-state index in [1.54, 1.807) is 0 Å². The Labute approximate surface area is 78.1 Å². The Balaban J connectivity index is 2.60. The lowest BCUT2D eigenvalue weighted by Gasteiger charge is -2.07. The lowest BCUT2D eigenvalue weighted by Crippen LogP contribution is -2.20. The first-order chi connectivity index (χ1) is 5.85. The largest absolute Gasteiger partial charge is 0.267 e. The second kappa shape index (κ2) is 3.55. The van der Waals surface area contributed by atoms with Crippen LogP contribution in [0.3, 0.4) is 0 Å². The Kier molecular flexibility index (Phi) is 2.98. The maximum Gasteiger partial charge on any atom is 0.267 e. The molecule has 0 radical (unpaired) electrons. The summed E-state index contributed by atoms with van der Waals surface area (Å²) in [5.41, 5.74) is 0. The van der Waals surface area contributed by atoms with Crippen molar-refractivity contribution in [3.05, 3.63) is 0 Å². The first-order valence-corrected chi connectivity index (χ1v) is 7.36. The van der Waals surface area contributed by atoms with Gasteiger partial charge in [-0.2, -0.15) is 8.42 Å². The Bertz CT molecular complexity index is 366. The first-order valence-electron chi connectivity index (χ1n) is 3.96. The molecule has 7 heteroatoms. The monoisotopic (exact) mass is 228 g/mol. The van der Waals surface area contributed by atoms with Gasteiger partial charge in [0.1, 0.15) is 0 Å². The molecule has 0 aromatic heterocycles. The van der Waals surface area contributed by atoms with Crippen LogP contribution < -0.4 is 0 Å². The summed E-state index contributed by atoms with van der Waals surface area (Å²) < 4.78 is 48.5. The molecule has 0 aliphatic carbocycles. The highest BCUT2D eigenvalue weighted by molar-refractivity contribution is 7.91. The molecule has 1 unspecified atom stereocenters. The van der Waals surface area contributed by atoms with Crippen molar-refractivity contribution in [1.29, 1.82) is 0 Å². The van der Waals surface area contributed by atoms with Crippen molar-refractivity contribution in [2.24, 2.45) is 0 Å². The average Bonchev–Trinajstić information content (AvgIpc) is 2.29. The third kappa shape index (κ3) is 3.24. The molecular formula is C6H12O5S2. The highest BCUT2D eigenvalue weighted by atomic mass is 32.2. The molecule has 1 aliphatic rings. The molecule has 0 amide bonds. The highest BCUT2D eigenvalue weighted by Gasteiger charge is 2.31. The van der Waals surface area contributed by atoms with Gasteiger partial charge < -0.3 is 0 Å². The van der Waals surface area contributed by atoms with E-state index in [-0.39, 0.29) is 23.7 Å². The Morgan fingerprint density at radius 3 is 2.46 bits per heavy atom. The molecular weight excluding hydrogens is 216 g/mol. The lowest BCUT2D eigenvalue weighted by atomic mass is 10.3. The number of rotatable bonds is 3. The topological polar surface area (TPSA) is 77.5 Å². The number of hydrogen-bond acceptors (Lipinski definition) is 5. The SMILES string of the molecule is CCS(=O)(=O)OC1CCS(=O)(=O)C1. The summed E-state index contributed by atoms with van der Waals surface area (Å²) in [6.45, 7) is 1.46. The van der Waals surface area contributed by atoms with Crippen molar-refractivity contribution in [1.82, 2.24) is 0 Å². The quantitative estimate of drug-likeness (QED) is 0.611. The number of hydrogen-bond donors (Lipinski definition) is 0. The molecule has 1 rings (SSSR count). The molecule has 0 spiro atoms. The van der Waals surface area contributed by atoms with Crippen LogP contribution in [0.4, 0.5) is 0 Å². The fourth-order valence-electron chi connectivity index (χ4n) is 1.11. The normalized spacial score (nSPS) is 27.6. The van der Waals surface area contributed by atoms with Crippen molar-refractivity contribution in [3.63, 3.8) is 0 Å². The first kappa shape index (κ1) is 10.9. The molecule has 1 aliphatic heterocycles. The molecule has 0 saturated carbocycles. The molecule has 1 heterocycles. The van der Waals surface area contributed by atoms with Crippen molar-refractivity contribution in [2.75, 3.05) is 17.3 Å². The van der Waals surface area contributed by atoms with Gasteiger partial charge in [0.05, 0.1) is 23.4 Å². The maximum atomic E-state index is 10.9. The van der Waals surface area contributed by atoms with E-state index in [9.17, 15) is 16.8 Å². The third-order valence-corrected chi connectivity index (χ3v) is 4.84. The zero-order valence-electron chi connectivity index (χ0n) is 7.26. The van der Waals surface area contributed by atoms with E-state index >= 15 is 0 Å². The predicted molar refractivity (Wildman–Crippen MR) is 47.6 cm³/mol. The summed E-state index contributed by atoms with van der Waals surface area (Å²) in [5.74, 6) is -0.271. The van der Waals surface area contributed by atoms with E-state index < -0.39 is 26.1 Å². The summed E-state index contributed by atoms with van der Waals surface area (Å²) in [4.78, 5) is 0. The van der Waals surface area contributed by atoms with Crippen LogP contribution >= 0.6 is 0 Å². The van der Waals surface area contributed by atoms with Gasteiger partial charge in [0.2, 0.25) is 0 Å². The van der Waals surface area contributed by atoms with Crippen LogP contribution in [0.1, 0.15) is 13.3 Å². The van der Waals surface area contributed by atoms with E-state index in [0.29, 0.717) is 0 Å². The lowest BCUT2D eigenvalue weighted by molar-refractivity contribution is 0.236. The molecule has 0 bridgehead atoms. The highest BCUT2D eigenvalue weighted by Crippen LogP contribution is 2.16. The van der Waals surface area contributed by atoms with Crippen LogP contribution in [-0.2, 0) is 24.1 Å². The summed E-state index contributed by atoms with van der Waals surface area (Å²) in [7, 11) is -6.58. The van der Waals surface area contributed by atoms with Crippen LogP contribution in [0, 0.1) is 0 Å². The van der Waals surface area contributed by atoms with E-state index in [4.69, 9.17) is 0 Å². The van der Waals surface area contributed by atoms with Gasteiger partial charge in [-0.25, -0.2) is 8.42 Å². The van der Waals surface area contributed by atoms with Gasteiger partial charge in [-0.1, -0.05) is 0 Å². The fraction of sp³-hybridized carbons (Fsp3) is 1.00. The van der Waals surface area contributed by atoms with E-state index in [1.807, 2.05) is 0 Å². The standard InChI is InChI=1S/C6H12O5S2/c1-2-13(9,10)11-6-3-4-12(7,8)5-6/h6H,2-5H2,1H3. The van der Waals surface area contributed by atoms with Crippen molar-refractivity contribution in [2.45, 2.75) is 19.4 Å². The maximum absolute atomic E-state index is 10.9. The number of sulfone groups is 1. The zero-order chi connectivity index (χ0) is 10.1. The zero-order valence-corrected chi connectivity index (χ0v) is 8.90. The molecule has 78 valence electrons. The molecule has 13 heavy (non-hydrogen) atoms. The van der Waals surface area contributed by atoms with Gasteiger partial charge in [-0.3, -0.25) is 4.18 Å². The minimum Gasteiger partial charge on any atom is -0.266 e. The van der Waals surface area contributed by atoms with E-state index in [0.717, 1.165) is 0 Å². The molecule has 5 nitrogen and oxygen atoms in total. The van der Waals surface area contributed by atoms with Crippen LogP contribution in [0.5, 0.6) is 0 Å². The Morgan fingerprint density at radius 2 is 2.08 bits per heavy atom. The summed E-state index contributed by atoms with van der Waals surface area (Å²) >= 11 is 0.